The van der Waals surface area contributed by atoms with Gasteiger partial charge in [-0.25, -0.2) is 8.42 Å². The highest BCUT2D eigenvalue weighted by Gasteiger charge is 2.16. The number of aliphatic hydroxyl groups excluding tert-OH is 1. The highest BCUT2D eigenvalue weighted by atomic mass is 32.2. The first-order valence-corrected chi connectivity index (χ1v) is 8.61. The van der Waals surface area contributed by atoms with E-state index in [4.69, 9.17) is 5.26 Å². The minimum atomic E-state index is -3.42. The average Bonchev–Trinajstić information content (AvgIpc) is 2.45. The zero-order chi connectivity index (χ0) is 15.9. The summed E-state index contributed by atoms with van der Waals surface area (Å²) in [5.74, 6) is 0.370. The molecule has 0 aliphatic carbocycles. The Bertz CT molecular complexity index is 591. The van der Waals surface area contributed by atoms with Gasteiger partial charge >= 0.3 is 0 Å². The summed E-state index contributed by atoms with van der Waals surface area (Å²) in [6, 6.07) is 7.85. The van der Waals surface area contributed by atoms with E-state index in [0.717, 1.165) is 6.42 Å². The van der Waals surface area contributed by atoms with Crippen LogP contribution in [0.25, 0.3) is 0 Å². The van der Waals surface area contributed by atoms with Crippen LogP contribution in [0.2, 0.25) is 0 Å². The van der Waals surface area contributed by atoms with Crippen molar-refractivity contribution in [3.63, 3.8) is 0 Å². The third-order valence-electron chi connectivity index (χ3n) is 3.10. The van der Waals surface area contributed by atoms with Crippen molar-refractivity contribution >= 4 is 9.84 Å². The Morgan fingerprint density at radius 2 is 2.10 bits per heavy atom. The molecule has 0 bridgehead atoms. The lowest BCUT2D eigenvalue weighted by Crippen LogP contribution is -2.36. The number of rotatable bonds is 8. The minimum Gasteiger partial charge on any atom is -0.395 e. The van der Waals surface area contributed by atoms with Gasteiger partial charge in [0.2, 0.25) is 0 Å². The number of benzene rings is 1. The highest BCUT2D eigenvalue weighted by molar-refractivity contribution is 7.91. The molecule has 21 heavy (non-hydrogen) atoms. The second-order valence-corrected chi connectivity index (χ2v) is 7.53. The molecular formula is C15H22N2O3S. The molecule has 6 heteroatoms. The summed E-state index contributed by atoms with van der Waals surface area (Å²) in [5, 5.41) is 21.1. The third-order valence-corrected chi connectivity index (χ3v) is 4.82. The van der Waals surface area contributed by atoms with E-state index in [1.54, 1.807) is 12.1 Å². The van der Waals surface area contributed by atoms with E-state index in [0.29, 0.717) is 11.5 Å². The first kappa shape index (κ1) is 17.6. The van der Waals surface area contributed by atoms with Crippen molar-refractivity contribution in [1.29, 1.82) is 5.26 Å². The SMILES string of the molecule is CC(C)CC(CO)NCCS(=O)(=O)c1cccc(C#N)c1. The van der Waals surface area contributed by atoms with Crippen LogP contribution in [0.4, 0.5) is 0 Å². The number of aliphatic hydroxyl groups is 1. The summed E-state index contributed by atoms with van der Waals surface area (Å²) in [6.07, 6.45) is 0.792. The molecule has 0 heterocycles. The van der Waals surface area contributed by atoms with Crippen LogP contribution in [0, 0.1) is 17.2 Å². The molecule has 2 N–H and O–H groups in total. The van der Waals surface area contributed by atoms with Crippen LogP contribution in [-0.2, 0) is 9.84 Å². The molecule has 1 rings (SSSR count). The molecule has 0 saturated heterocycles. The molecule has 0 fully saturated rings. The Balaban J connectivity index is 2.63. The summed E-state index contributed by atoms with van der Waals surface area (Å²) < 4.78 is 24.4. The van der Waals surface area contributed by atoms with Crippen molar-refractivity contribution < 1.29 is 13.5 Å². The van der Waals surface area contributed by atoms with E-state index in [1.165, 1.54) is 12.1 Å². The Kier molecular flexibility index (Phi) is 6.82. The fourth-order valence-electron chi connectivity index (χ4n) is 2.07. The maximum atomic E-state index is 12.2. The maximum absolute atomic E-state index is 12.2. The number of nitrogens with one attached hydrogen (secondary N) is 1. The van der Waals surface area contributed by atoms with E-state index in [1.807, 2.05) is 6.07 Å². The van der Waals surface area contributed by atoms with Crippen molar-refractivity contribution in [3.05, 3.63) is 29.8 Å². The van der Waals surface area contributed by atoms with E-state index < -0.39 is 9.84 Å². The summed E-state index contributed by atoms with van der Waals surface area (Å²) in [4.78, 5) is 0.160. The first-order chi connectivity index (χ1) is 9.89. The molecule has 5 nitrogen and oxygen atoms in total. The van der Waals surface area contributed by atoms with Crippen molar-refractivity contribution in [2.24, 2.45) is 5.92 Å². The zero-order valence-electron chi connectivity index (χ0n) is 12.4. The molecule has 0 radical (unpaired) electrons. The van der Waals surface area contributed by atoms with Gasteiger partial charge in [-0.1, -0.05) is 19.9 Å². The van der Waals surface area contributed by atoms with Gasteiger partial charge in [-0.2, -0.15) is 5.26 Å². The lowest BCUT2D eigenvalue weighted by molar-refractivity contribution is 0.226. The second-order valence-electron chi connectivity index (χ2n) is 5.42. The largest absolute Gasteiger partial charge is 0.395 e. The van der Waals surface area contributed by atoms with E-state index in [9.17, 15) is 13.5 Å². The first-order valence-electron chi connectivity index (χ1n) is 6.96. The lowest BCUT2D eigenvalue weighted by Gasteiger charge is -2.18. The molecule has 0 spiro atoms. The molecular weight excluding hydrogens is 288 g/mol. The van der Waals surface area contributed by atoms with Crippen molar-refractivity contribution in [2.75, 3.05) is 18.9 Å². The van der Waals surface area contributed by atoms with Crippen LogP contribution in [0.3, 0.4) is 0 Å². The van der Waals surface area contributed by atoms with E-state index in [2.05, 4.69) is 19.2 Å². The van der Waals surface area contributed by atoms with Crippen molar-refractivity contribution in [1.82, 2.24) is 5.32 Å². The van der Waals surface area contributed by atoms with Gasteiger partial charge in [-0.15, -0.1) is 0 Å². The molecule has 1 aromatic rings. The van der Waals surface area contributed by atoms with Crippen molar-refractivity contribution in [3.8, 4) is 6.07 Å². The summed E-state index contributed by atoms with van der Waals surface area (Å²) in [6.45, 7) is 4.36. The van der Waals surface area contributed by atoms with Crippen LogP contribution >= 0.6 is 0 Å². The Hall–Kier alpha value is -1.42. The maximum Gasteiger partial charge on any atom is 0.179 e. The molecule has 0 aromatic heterocycles. The second kappa shape index (κ2) is 8.13. The van der Waals surface area contributed by atoms with Gasteiger partial charge in [0.05, 0.1) is 28.9 Å². The Morgan fingerprint density at radius 3 is 2.67 bits per heavy atom. The fraction of sp³-hybridized carbons (Fsp3) is 0.533. The molecule has 1 atom stereocenters. The van der Waals surface area contributed by atoms with Crippen LogP contribution < -0.4 is 5.32 Å². The smallest absolute Gasteiger partial charge is 0.179 e. The normalized spacial score (nSPS) is 13.1. The van der Waals surface area contributed by atoms with Gasteiger partial charge in [-0.3, -0.25) is 0 Å². The van der Waals surface area contributed by atoms with Gasteiger partial charge in [0.15, 0.2) is 9.84 Å². The number of hydrogen-bond acceptors (Lipinski definition) is 5. The Morgan fingerprint density at radius 1 is 1.38 bits per heavy atom. The lowest BCUT2D eigenvalue weighted by atomic mass is 10.0. The standard InChI is InChI=1S/C15H22N2O3S/c1-12(2)8-14(11-18)17-6-7-21(19,20)15-5-3-4-13(9-15)10-16/h3-5,9,12,14,17-18H,6-8,11H2,1-2H3. The Labute approximate surface area is 126 Å². The summed E-state index contributed by atoms with van der Waals surface area (Å²) in [7, 11) is -3.42. The predicted molar refractivity (Wildman–Crippen MR) is 81.5 cm³/mol. The molecule has 0 aliphatic heterocycles. The number of sulfone groups is 1. The predicted octanol–water partition coefficient (Wildman–Crippen LogP) is 1.33. The number of nitrogens with zero attached hydrogens (tertiary/aromatic N) is 1. The molecule has 0 aliphatic rings. The summed E-state index contributed by atoms with van der Waals surface area (Å²) in [5.41, 5.74) is 0.331. The average molecular weight is 310 g/mol. The van der Waals surface area contributed by atoms with Gasteiger partial charge in [0, 0.05) is 12.6 Å². The molecule has 116 valence electrons. The van der Waals surface area contributed by atoms with Crippen LogP contribution in [-0.4, -0.2) is 38.5 Å². The van der Waals surface area contributed by atoms with Gasteiger partial charge < -0.3 is 10.4 Å². The highest BCUT2D eigenvalue weighted by Crippen LogP contribution is 2.13. The monoisotopic (exact) mass is 310 g/mol. The minimum absolute atomic E-state index is 0.0118. The van der Waals surface area contributed by atoms with Gasteiger partial charge in [0.25, 0.3) is 0 Å². The van der Waals surface area contributed by atoms with Crippen molar-refractivity contribution in [2.45, 2.75) is 31.2 Å². The van der Waals surface area contributed by atoms with Crippen LogP contribution in [0.5, 0.6) is 0 Å². The number of nitriles is 1. The molecule has 0 saturated carbocycles. The molecule has 1 unspecified atom stereocenters. The third kappa shape index (κ3) is 5.84. The topological polar surface area (TPSA) is 90.2 Å². The quantitative estimate of drug-likeness (QED) is 0.756. The molecule has 0 amide bonds. The zero-order valence-corrected chi connectivity index (χ0v) is 13.2. The summed E-state index contributed by atoms with van der Waals surface area (Å²) >= 11 is 0. The molecule has 1 aromatic carbocycles. The van der Waals surface area contributed by atoms with E-state index in [-0.39, 0.29) is 29.8 Å². The van der Waals surface area contributed by atoms with Gasteiger partial charge in [-0.05, 0) is 30.5 Å². The van der Waals surface area contributed by atoms with Crippen LogP contribution in [0.1, 0.15) is 25.8 Å². The van der Waals surface area contributed by atoms with Gasteiger partial charge in [0.1, 0.15) is 0 Å². The fourth-order valence-corrected chi connectivity index (χ4v) is 3.28. The number of hydrogen-bond donors (Lipinski definition) is 2. The van der Waals surface area contributed by atoms with E-state index >= 15 is 0 Å². The van der Waals surface area contributed by atoms with Crippen LogP contribution in [0.15, 0.2) is 29.2 Å².